The van der Waals surface area contributed by atoms with Crippen molar-refractivity contribution in [3.05, 3.63) is 46.5 Å². The van der Waals surface area contributed by atoms with Crippen LogP contribution in [0.3, 0.4) is 0 Å². The molecule has 2 aromatic heterocycles. The summed E-state index contributed by atoms with van der Waals surface area (Å²) in [5, 5.41) is 7.64. The molecule has 1 atom stereocenters. The molecule has 0 aliphatic heterocycles. The normalized spacial score (nSPS) is 12.6. The number of hydrogen-bond donors (Lipinski definition) is 1. The van der Waals surface area contributed by atoms with Gasteiger partial charge in [0, 0.05) is 23.9 Å². The van der Waals surface area contributed by atoms with Gasteiger partial charge in [-0.3, -0.25) is 9.67 Å². The molecule has 0 amide bonds. The van der Waals surface area contributed by atoms with E-state index in [9.17, 15) is 0 Å². The van der Waals surface area contributed by atoms with Gasteiger partial charge in [-0.25, -0.2) is 0 Å². The third-order valence-corrected chi connectivity index (χ3v) is 3.29. The highest BCUT2D eigenvalue weighted by atomic mass is 79.9. The molecule has 2 heterocycles. The molecule has 4 nitrogen and oxygen atoms in total. The first kappa shape index (κ1) is 12.3. The van der Waals surface area contributed by atoms with E-state index in [4.69, 9.17) is 0 Å². The van der Waals surface area contributed by atoms with Crippen LogP contribution in [0.5, 0.6) is 0 Å². The maximum absolute atomic E-state index is 4.44. The molecule has 2 aromatic rings. The van der Waals surface area contributed by atoms with E-state index in [-0.39, 0.29) is 6.04 Å². The van der Waals surface area contributed by atoms with Gasteiger partial charge in [0.2, 0.25) is 0 Å². The largest absolute Gasteiger partial charge is 0.304 e. The summed E-state index contributed by atoms with van der Waals surface area (Å²) in [7, 11) is 1.94. The van der Waals surface area contributed by atoms with Gasteiger partial charge in [0.05, 0.1) is 17.4 Å². The molecule has 2 rings (SSSR count). The van der Waals surface area contributed by atoms with Gasteiger partial charge in [0.15, 0.2) is 0 Å². The zero-order chi connectivity index (χ0) is 12.3. The lowest BCUT2D eigenvalue weighted by Gasteiger charge is -2.18. The number of aryl methyl sites for hydroxylation is 1. The second-order valence-corrected chi connectivity index (χ2v) is 4.60. The molecule has 0 aliphatic rings. The molecule has 0 fully saturated rings. The van der Waals surface area contributed by atoms with Gasteiger partial charge in [-0.05, 0) is 40.7 Å². The Bertz CT molecular complexity index is 495. The smallest absolute Gasteiger partial charge is 0.0933 e. The van der Waals surface area contributed by atoms with Crippen LogP contribution in [-0.4, -0.2) is 21.3 Å². The molecule has 0 spiro atoms. The molecule has 0 bridgehead atoms. The number of halogens is 1. The third kappa shape index (κ3) is 2.56. The molecule has 0 saturated carbocycles. The summed E-state index contributed by atoms with van der Waals surface area (Å²) in [6.45, 7) is 2.96. The highest BCUT2D eigenvalue weighted by Gasteiger charge is 2.19. The third-order valence-electron chi connectivity index (χ3n) is 2.62. The molecule has 0 saturated heterocycles. The maximum atomic E-state index is 4.44. The molecule has 90 valence electrons. The zero-order valence-electron chi connectivity index (χ0n) is 9.89. The Labute approximate surface area is 109 Å². The van der Waals surface area contributed by atoms with E-state index < -0.39 is 0 Å². The van der Waals surface area contributed by atoms with Gasteiger partial charge in [-0.15, -0.1) is 0 Å². The second-order valence-electron chi connectivity index (χ2n) is 3.74. The van der Waals surface area contributed by atoms with Gasteiger partial charge in [-0.2, -0.15) is 5.10 Å². The van der Waals surface area contributed by atoms with Crippen LogP contribution < -0.4 is 5.32 Å². The summed E-state index contributed by atoms with van der Waals surface area (Å²) in [6.07, 6.45) is 3.61. The topological polar surface area (TPSA) is 42.7 Å². The van der Waals surface area contributed by atoms with Gasteiger partial charge in [-0.1, -0.05) is 6.92 Å². The minimum atomic E-state index is 0.0584. The molecule has 5 heteroatoms. The van der Waals surface area contributed by atoms with Crippen molar-refractivity contribution in [2.75, 3.05) is 6.54 Å². The molecule has 1 unspecified atom stereocenters. The average molecular weight is 295 g/mol. The van der Waals surface area contributed by atoms with Crippen LogP contribution >= 0.6 is 15.9 Å². The van der Waals surface area contributed by atoms with E-state index in [2.05, 4.69) is 38.3 Å². The Morgan fingerprint density at radius 3 is 2.82 bits per heavy atom. The molecule has 1 N–H and O–H groups in total. The Morgan fingerprint density at radius 2 is 2.24 bits per heavy atom. The lowest BCUT2D eigenvalue weighted by Crippen LogP contribution is -2.25. The number of hydrogen-bond acceptors (Lipinski definition) is 3. The molecule has 0 aromatic carbocycles. The van der Waals surface area contributed by atoms with E-state index in [1.165, 1.54) is 0 Å². The fourth-order valence-electron chi connectivity index (χ4n) is 1.82. The zero-order valence-corrected chi connectivity index (χ0v) is 11.5. The van der Waals surface area contributed by atoms with E-state index in [0.29, 0.717) is 0 Å². The van der Waals surface area contributed by atoms with Crippen molar-refractivity contribution in [1.82, 2.24) is 20.1 Å². The van der Waals surface area contributed by atoms with E-state index in [1.54, 1.807) is 12.4 Å². The predicted octanol–water partition coefficient (Wildman–Crippen LogP) is 2.28. The number of aromatic nitrogens is 3. The van der Waals surface area contributed by atoms with E-state index in [0.717, 1.165) is 22.4 Å². The van der Waals surface area contributed by atoms with Crippen LogP contribution in [0.4, 0.5) is 0 Å². The molecule has 0 radical (unpaired) electrons. The van der Waals surface area contributed by atoms with E-state index in [1.807, 2.05) is 29.9 Å². The highest BCUT2D eigenvalue weighted by Crippen LogP contribution is 2.25. The summed E-state index contributed by atoms with van der Waals surface area (Å²) in [6, 6.07) is 5.99. The molecular weight excluding hydrogens is 280 g/mol. The first-order chi connectivity index (χ1) is 8.24. The summed E-state index contributed by atoms with van der Waals surface area (Å²) >= 11 is 3.54. The Balaban J connectivity index is 2.43. The first-order valence-electron chi connectivity index (χ1n) is 5.55. The first-order valence-corrected chi connectivity index (χ1v) is 6.35. The lowest BCUT2D eigenvalue weighted by atomic mass is 10.1. The molecule has 0 aliphatic carbocycles. The van der Waals surface area contributed by atoms with Gasteiger partial charge < -0.3 is 5.32 Å². The highest BCUT2D eigenvalue weighted by molar-refractivity contribution is 9.10. The van der Waals surface area contributed by atoms with Gasteiger partial charge >= 0.3 is 0 Å². The number of nitrogens with one attached hydrogen (secondary N) is 1. The fourth-order valence-corrected chi connectivity index (χ4v) is 2.31. The van der Waals surface area contributed by atoms with Crippen LogP contribution in [-0.2, 0) is 7.05 Å². The summed E-state index contributed by atoms with van der Waals surface area (Å²) in [5.41, 5.74) is 2.09. The van der Waals surface area contributed by atoms with Crippen LogP contribution in [0.15, 0.2) is 35.1 Å². The van der Waals surface area contributed by atoms with Crippen molar-refractivity contribution in [2.24, 2.45) is 7.05 Å². The van der Waals surface area contributed by atoms with Gasteiger partial charge in [0.1, 0.15) is 0 Å². The van der Waals surface area contributed by atoms with Crippen LogP contribution in [0.2, 0.25) is 0 Å². The van der Waals surface area contributed by atoms with Crippen molar-refractivity contribution in [2.45, 2.75) is 13.0 Å². The molecular formula is C12H15BrN4. The summed E-state index contributed by atoms with van der Waals surface area (Å²) in [5.74, 6) is 0. The number of pyridine rings is 1. The lowest BCUT2D eigenvalue weighted by molar-refractivity contribution is 0.560. The van der Waals surface area contributed by atoms with Crippen molar-refractivity contribution >= 4 is 15.9 Å². The number of nitrogens with zero attached hydrogens (tertiary/aromatic N) is 3. The van der Waals surface area contributed by atoms with E-state index >= 15 is 0 Å². The fraction of sp³-hybridized carbons (Fsp3) is 0.333. The van der Waals surface area contributed by atoms with Crippen LogP contribution in [0.1, 0.15) is 24.4 Å². The monoisotopic (exact) mass is 294 g/mol. The minimum Gasteiger partial charge on any atom is -0.304 e. The summed E-state index contributed by atoms with van der Waals surface area (Å²) < 4.78 is 2.88. The Kier molecular flexibility index (Phi) is 3.91. The minimum absolute atomic E-state index is 0.0584. The van der Waals surface area contributed by atoms with Crippen molar-refractivity contribution in [3.63, 3.8) is 0 Å². The average Bonchev–Trinajstić information content (AvgIpc) is 2.74. The van der Waals surface area contributed by atoms with Crippen molar-refractivity contribution < 1.29 is 0 Å². The van der Waals surface area contributed by atoms with Crippen LogP contribution in [0.25, 0.3) is 0 Å². The van der Waals surface area contributed by atoms with Crippen LogP contribution in [0, 0.1) is 0 Å². The maximum Gasteiger partial charge on any atom is 0.0933 e. The summed E-state index contributed by atoms with van der Waals surface area (Å²) in [4.78, 5) is 4.44. The Morgan fingerprint density at radius 1 is 1.41 bits per heavy atom. The second kappa shape index (κ2) is 5.42. The van der Waals surface area contributed by atoms with Crippen molar-refractivity contribution in [1.29, 1.82) is 0 Å². The van der Waals surface area contributed by atoms with Crippen molar-refractivity contribution in [3.8, 4) is 0 Å². The molecule has 17 heavy (non-hydrogen) atoms. The number of rotatable bonds is 4. The SMILES string of the molecule is CCNC(c1ncccc1Br)c1ccnn1C. The standard InChI is InChI=1S/C12H15BrN4/c1-3-14-12(10-6-8-16-17(10)2)11-9(13)5-4-7-15-11/h4-8,12,14H,3H2,1-2H3. The predicted molar refractivity (Wildman–Crippen MR) is 70.7 cm³/mol. The Hall–Kier alpha value is -1.20. The van der Waals surface area contributed by atoms with Gasteiger partial charge in [0.25, 0.3) is 0 Å². The quantitative estimate of drug-likeness (QED) is 0.941.